The first kappa shape index (κ1) is 23.0. The normalized spacial score (nSPS) is 11.1. The van der Waals surface area contributed by atoms with Crippen LogP contribution in [0.3, 0.4) is 0 Å². The van der Waals surface area contributed by atoms with Crippen LogP contribution in [0.2, 0.25) is 15.1 Å². The Bertz CT molecular complexity index is 1290. The number of carbonyl (C=O) groups is 1. The lowest BCUT2D eigenvalue weighted by Gasteiger charge is -2.04. The highest BCUT2D eigenvalue weighted by molar-refractivity contribution is 6.42. The van der Waals surface area contributed by atoms with Crippen LogP contribution in [0.15, 0.2) is 54.7 Å². The molecule has 0 saturated heterocycles. The summed E-state index contributed by atoms with van der Waals surface area (Å²) < 4.78 is 30.4. The van der Waals surface area contributed by atoms with Gasteiger partial charge in [0.25, 0.3) is 5.91 Å². The molecule has 2 heterocycles. The van der Waals surface area contributed by atoms with Crippen LogP contribution < -0.4 is 10.1 Å². The van der Waals surface area contributed by atoms with Gasteiger partial charge < -0.3 is 10.1 Å². The predicted octanol–water partition coefficient (Wildman–Crippen LogP) is 6.14. The van der Waals surface area contributed by atoms with E-state index in [4.69, 9.17) is 34.8 Å². The number of nitrogens with zero attached hydrogens (tertiary/aromatic N) is 3. The van der Waals surface area contributed by atoms with E-state index < -0.39 is 12.5 Å². The highest BCUT2D eigenvalue weighted by Gasteiger charge is 2.16. The maximum absolute atomic E-state index is 12.6. The molecule has 170 valence electrons. The molecule has 0 aliphatic heterocycles. The summed E-state index contributed by atoms with van der Waals surface area (Å²) in [7, 11) is 0. The van der Waals surface area contributed by atoms with Gasteiger partial charge >= 0.3 is 6.61 Å². The van der Waals surface area contributed by atoms with Gasteiger partial charge in [0, 0.05) is 11.8 Å². The number of carbonyl (C=O) groups excluding carboxylic acids is 1. The predicted molar refractivity (Wildman–Crippen MR) is 121 cm³/mol. The Balaban J connectivity index is 1.43. The molecular formula is C21H14Cl3F2N5O2. The van der Waals surface area contributed by atoms with Crippen LogP contribution in [0.1, 0.15) is 16.1 Å². The molecule has 12 heteroatoms. The SMILES string of the molecule is O=C(Nc1nn(Cc2ccc(Cl)c(Cl)c2)cc1Cl)c1cc(-c2ccc(OC(F)F)cc2)n[nH]1. The fourth-order valence-electron chi connectivity index (χ4n) is 2.96. The van der Waals surface area contributed by atoms with E-state index in [1.54, 1.807) is 41.2 Å². The van der Waals surface area contributed by atoms with Gasteiger partial charge in [0.1, 0.15) is 16.5 Å². The maximum Gasteiger partial charge on any atom is 0.387 e. The van der Waals surface area contributed by atoms with Crippen molar-refractivity contribution in [1.82, 2.24) is 20.0 Å². The molecule has 7 nitrogen and oxygen atoms in total. The third kappa shape index (κ3) is 5.62. The molecule has 0 bridgehead atoms. The number of H-pyrrole nitrogens is 1. The molecule has 4 rings (SSSR count). The van der Waals surface area contributed by atoms with Crippen molar-refractivity contribution in [1.29, 1.82) is 0 Å². The van der Waals surface area contributed by atoms with Crippen LogP contribution in [0, 0.1) is 0 Å². The lowest BCUT2D eigenvalue weighted by Crippen LogP contribution is -2.13. The topological polar surface area (TPSA) is 84.8 Å². The molecule has 0 spiro atoms. The fourth-order valence-corrected chi connectivity index (χ4v) is 3.47. The van der Waals surface area contributed by atoms with Gasteiger partial charge in [0.15, 0.2) is 5.82 Å². The molecule has 2 aromatic carbocycles. The fraction of sp³-hybridized carbons (Fsp3) is 0.0952. The second kappa shape index (κ2) is 9.78. The summed E-state index contributed by atoms with van der Waals surface area (Å²) in [5.74, 6) is -0.312. The van der Waals surface area contributed by atoms with E-state index in [0.29, 0.717) is 27.8 Å². The second-order valence-corrected chi connectivity index (χ2v) is 8.02. The molecule has 0 atom stereocenters. The average molecular weight is 513 g/mol. The standard InChI is InChI=1S/C21H14Cl3F2N5O2/c22-14-6-1-11(7-15(14)23)9-31-10-16(24)19(30-31)27-20(32)18-8-17(28-29-18)12-2-4-13(5-3-12)33-21(25)26/h1-8,10,21H,9H2,(H,28,29)(H,27,30,32). The summed E-state index contributed by atoms with van der Waals surface area (Å²) in [6.45, 7) is -2.54. The lowest BCUT2D eigenvalue weighted by atomic mass is 10.1. The maximum atomic E-state index is 12.6. The van der Waals surface area contributed by atoms with Gasteiger partial charge in [-0.15, -0.1) is 0 Å². The number of benzene rings is 2. The molecule has 1 amide bonds. The minimum Gasteiger partial charge on any atom is -0.435 e. The first-order valence-electron chi connectivity index (χ1n) is 9.37. The Morgan fingerprint density at radius 2 is 1.82 bits per heavy atom. The third-order valence-electron chi connectivity index (χ3n) is 4.48. The number of halogens is 5. The first-order chi connectivity index (χ1) is 15.8. The summed E-state index contributed by atoms with van der Waals surface area (Å²) in [5.41, 5.74) is 2.06. The zero-order valence-electron chi connectivity index (χ0n) is 16.5. The molecule has 2 N–H and O–H groups in total. The Morgan fingerprint density at radius 3 is 2.52 bits per heavy atom. The second-order valence-electron chi connectivity index (χ2n) is 6.80. The van der Waals surface area contributed by atoms with E-state index in [1.807, 2.05) is 0 Å². The van der Waals surface area contributed by atoms with Crippen LogP contribution in [0.25, 0.3) is 11.3 Å². The number of ether oxygens (including phenoxy) is 1. The van der Waals surface area contributed by atoms with Crippen molar-refractivity contribution in [3.63, 3.8) is 0 Å². The van der Waals surface area contributed by atoms with Crippen molar-refractivity contribution in [2.75, 3.05) is 5.32 Å². The number of nitrogens with one attached hydrogen (secondary N) is 2. The van der Waals surface area contributed by atoms with Gasteiger partial charge in [-0.2, -0.15) is 19.0 Å². The molecule has 4 aromatic rings. The molecule has 0 unspecified atom stereocenters. The largest absolute Gasteiger partial charge is 0.435 e. The summed E-state index contributed by atoms with van der Waals surface area (Å²) in [6, 6.07) is 12.6. The van der Waals surface area contributed by atoms with Crippen molar-refractivity contribution in [2.24, 2.45) is 0 Å². The highest BCUT2D eigenvalue weighted by Crippen LogP contribution is 2.26. The van der Waals surface area contributed by atoms with Crippen molar-refractivity contribution < 1.29 is 18.3 Å². The minimum absolute atomic E-state index is 0.0216. The Hall–Kier alpha value is -3.14. The molecule has 0 saturated carbocycles. The van der Waals surface area contributed by atoms with Crippen molar-refractivity contribution in [3.8, 4) is 17.0 Å². The Morgan fingerprint density at radius 1 is 1.06 bits per heavy atom. The number of alkyl halides is 2. The van der Waals surface area contributed by atoms with E-state index in [2.05, 4.69) is 25.3 Å². The van der Waals surface area contributed by atoms with Crippen molar-refractivity contribution >= 4 is 46.5 Å². The Labute approximate surface area is 201 Å². The monoisotopic (exact) mass is 511 g/mol. The molecule has 2 aromatic heterocycles. The first-order valence-corrected chi connectivity index (χ1v) is 10.5. The van der Waals surface area contributed by atoms with Crippen LogP contribution in [0.4, 0.5) is 14.6 Å². The molecule has 0 aliphatic rings. The van der Waals surface area contributed by atoms with E-state index in [0.717, 1.165) is 5.56 Å². The van der Waals surface area contributed by atoms with Gasteiger partial charge in [0.2, 0.25) is 0 Å². The number of rotatable bonds is 7. The van der Waals surface area contributed by atoms with Crippen molar-refractivity contribution in [3.05, 3.63) is 81.1 Å². The zero-order valence-corrected chi connectivity index (χ0v) is 18.8. The Kier molecular flexibility index (Phi) is 6.83. The summed E-state index contributed by atoms with van der Waals surface area (Å²) in [6.07, 6.45) is 1.57. The van der Waals surface area contributed by atoms with E-state index in [9.17, 15) is 13.6 Å². The lowest BCUT2D eigenvalue weighted by molar-refractivity contribution is -0.0498. The van der Waals surface area contributed by atoms with Gasteiger partial charge in [-0.3, -0.25) is 14.6 Å². The van der Waals surface area contributed by atoms with E-state index in [1.165, 1.54) is 18.2 Å². The van der Waals surface area contributed by atoms with E-state index in [-0.39, 0.29) is 22.3 Å². The van der Waals surface area contributed by atoms with E-state index >= 15 is 0 Å². The smallest absolute Gasteiger partial charge is 0.387 e. The van der Waals surface area contributed by atoms with Crippen molar-refractivity contribution in [2.45, 2.75) is 13.2 Å². The van der Waals surface area contributed by atoms with Crippen LogP contribution in [-0.2, 0) is 6.54 Å². The van der Waals surface area contributed by atoms with Gasteiger partial charge in [-0.25, -0.2) is 0 Å². The quantitative estimate of drug-likeness (QED) is 0.312. The molecule has 0 fully saturated rings. The minimum atomic E-state index is -2.91. The number of hydrogen-bond acceptors (Lipinski definition) is 4. The number of anilines is 1. The van der Waals surface area contributed by atoms with Crippen LogP contribution in [0.5, 0.6) is 5.75 Å². The van der Waals surface area contributed by atoms with Gasteiger partial charge in [-0.05, 0) is 48.0 Å². The number of hydrogen-bond donors (Lipinski definition) is 2. The molecular weight excluding hydrogens is 499 g/mol. The van der Waals surface area contributed by atoms with Crippen LogP contribution >= 0.6 is 34.8 Å². The highest BCUT2D eigenvalue weighted by atomic mass is 35.5. The van der Waals surface area contributed by atoms with Crippen LogP contribution in [-0.4, -0.2) is 32.5 Å². The number of aromatic nitrogens is 4. The van der Waals surface area contributed by atoms with Gasteiger partial charge in [-0.1, -0.05) is 40.9 Å². The van der Waals surface area contributed by atoms with Gasteiger partial charge in [0.05, 0.1) is 22.3 Å². The summed E-state index contributed by atoms with van der Waals surface area (Å²) >= 11 is 18.2. The molecule has 33 heavy (non-hydrogen) atoms. The number of amides is 1. The molecule has 0 radical (unpaired) electrons. The third-order valence-corrected chi connectivity index (χ3v) is 5.49. The average Bonchev–Trinajstić information content (AvgIpc) is 3.38. The summed E-state index contributed by atoms with van der Waals surface area (Å²) in [4.78, 5) is 12.6. The zero-order chi connectivity index (χ0) is 23.5. The summed E-state index contributed by atoms with van der Waals surface area (Å²) in [5, 5.41) is 14.7. The number of aromatic amines is 1. The molecule has 0 aliphatic carbocycles.